The molecule has 0 spiro atoms. The maximum absolute atomic E-state index is 11.0. The molecule has 9 nitrogen and oxygen atoms in total. The number of benzene rings is 1. The van der Waals surface area contributed by atoms with Gasteiger partial charge < -0.3 is 25.3 Å². The number of allylic oxidation sites excluding steroid dienone is 1. The number of ether oxygens (including phenoxy) is 2. The predicted octanol–water partition coefficient (Wildman–Crippen LogP) is 2.64. The molecule has 0 fully saturated rings. The Bertz CT molecular complexity index is 1060. The van der Waals surface area contributed by atoms with Gasteiger partial charge in [0.05, 0.1) is 19.8 Å². The number of carboxylic acids is 1. The van der Waals surface area contributed by atoms with Gasteiger partial charge in [-0.15, -0.1) is 0 Å². The van der Waals surface area contributed by atoms with E-state index in [2.05, 4.69) is 19.9 Å². The van der Waals surface area contributed by atoms with Crippen LogP contribution in [0.4, 0.5) is 5.82 Å². The van der Waals surface area contributed by atoms with Gasteiger partial charge in [0.15, 0.2) is 17.4 Å². The van der Waals surface area contributed by atoms with Gasteiger partial charge in [-0.05, 0) is 35.9 Å². The standard InChI is InChI=1S/C20H19N5O4/c1-28-16-7-8-17(25-19(16)29-2)24-15(18-22-9-10-23-18)11-14(21)12-3-5-13(6-4-12)20(26)27/h3-11H,21H2,1-2H3,(H,22,23)(H,26,27)/b14-11-,24-15?. The molecule has 3 aromatic rings. The highest BCUT2D eigenvalue weighted by molar-refractivity contribution is 6.10. The number of nitrogens with two attached hydrogens (primary N) is 1. The van der Waals surface area contributed by atoms with Crippen LogP contribution in [0.2, 0.25) is 0 Å². The average Bonchev–Trinajstić information content (AvgIpc) is 3.28. The number of carbonyl (C=O) groups is 1. The third-order valence-electron chi connectivity index (χ3n) is 3.96. The fourth-order valence-electron chi connectivity index (χ4n) is 2.50. The minimum absolute atomic E-state index is 0.177. The van der Waals surface area contributed by atoms with Crippen LogP contribution in [-0.4, -0.2) is 46.0 Å². The van der Waals surface area contributed by atoms with Crippen LogP contribution in [0.15, 0.2) is 59.9 Å². The molecule has 9 heteroatoms. The summed E-state index contributed by atoms with van der Waals surface area (Å²) in [5.74, 6) is 0.649. The molecule has 29 heavy (non-hydrogen) atoms. The first-order chi connectivity index (χ1) is 14.0. The smallest absolute Gasteiger partial charge is 0.335 e. The van der Waals surface area contributed by atoms with Gasteiger partial charge in [0.2, 0.25) is 0 Å². The summed E-state index contributed by atoms with van der Waals surface area (Å²) in [4.78, 5) is 27.1. The van der Waals surface area contributed by atoms with E-state index in [9.17, 15) is 4.79 Å². The maximum Gasteiger partial charge on any atom is 0.335 e. The molecule has 0 bridgehead atoms. The third kappa shape index (κ3) is 4.59. The van der Waals surface area contributed by atoms with Gasteiger partial charge in [0.1, 0.15) is 5.71 Å². The van der Waals surface area contributed by atoms with Crippen molar-refractivity contribution in [2.45, 2.75) is 0 Å². The Kier molecular flexibility index (Phi) is 5.88. The second-order valence-corrected chi connectivity index (χ2v) is 5.80. The lowest BCUT2D eigenvalue weighted by atomic mass is 10.1. The number of carboxylic acid groups (broad SMARTS) is 1. The summed E-state index contributed by atoms with van der Waals surface area (Å²) in [5.41, 5.74) is 7.86. The van der Waals surface area contributed by atoms with Crippen LogP contribution in [0.25, 0.3) is 5.70 Å². The predicted molar refractivity (Wildman–Crippen MR) is 108 cm³/mol. The van der Waals surface area contributed by atoms with Crippen molar-refractivity contribution in [3.63, 3.8) is 0 Å². The molecular formula is C20H19N5O4. The summed E-state index contributed by atoms with van der Waals surface area (Å²) in [6.45, 7) is 0. The van der Waals surface area contributed by atoms with E-state index >= 15 is 0 Å². The van der Waals surface area contributed by atoms with E-state index in [1.165, 1.54) is 26.4 Å². The van der Waals surface area contributed by atoms with Gasteiger partial charge in [-0.1, -0.05) is 12.1 Å². The quantitative estimate of drug-likeness (QED) is 0.525. The van der Waals surface area contributed by atoms with Crippen LogP contribution < -0.4 is 15.2 Å². The second-order valence-electron chi connectivity index (χ2n) is 5.80. The van der Waals surface area contributed by atoms with E-state index in [0.717, 1.165) is 0 Å². The SMILES string of the molecule is COc1ccc(N=C(/C=C(\N)c2ccc(C(=O)O)cc2)c2ncc[nH]2)nc1OC. The fraction of sp³-hybridized carbons (Fsp3) is 0.100. The van der Waals surface area contributed by atoms with Crippen molar-refractivity contribution >= 4 is 23.2 Å². The van der Waals surface area contributed by atoms with E-state index in [1.54, 1.807) is 42.7 Å². The highest BCUT2D eigenvalue weighted by Crippen LogP contribution is 2.27. The molecule has 4 N–H and O–H groups in total. The topological polar surface area (TPSA) is 136 Å². The highest BCUT2D eigenvalue weighted by Gasteiger charge is 2.10. The average molecular weight is 393 g/mol. The van der Waals surface area contributed by atoms with Gasteiger partial charge in [0, 0.05) is 18.1 Å². The molecule has 0 radical (unpaired) electrons. The summed E-state index contributed by atoms with van der Waals surface area (Å²) in [5, 5.41) is 9.03. The van der Waals surface area contributed by atoms with Gasteiger partial charge in [-0.25, -0.2) is 14.8 Å². The van der Waals surface area contributed by atoms with E-state index in [-0.39, 0.29) is 5.56 Å². The Balaban J connectivity index is 2.01. The molecular weight excluding hydrogens is 374 g/mol. The van der Waals surface area contributed by atoms with E-state index < -0.39 is 5.97 Å². The number of pyridine rings is 1. The van der Waals surface area contributed by atoms with E-state index in [1.807, 2.05) is 0 Å². The molecule has 0 unspecified atom stereocenters. The van der Waals surface area contributed by atoms with Gasteiger partial charge in [-0.2, -0.15) is 4.98 Å². The number of aromatic amines is 1. The van der Waals surface area contributed by atoms with Gasteiger partial charge >= 0.3 is 5.97 Å². The van der Waals surface area contributed by atoms with Gasteiger partial charge in [0.25, 0.3) is 5.88 Å². The zero-order chi connectivity index (χ0) is 20.8. The first kappa shape index (κ1) is 19.6. The molecule has 2 aromatic heterocycles. The number of hydrogen-bond donors (Lipinski definition) is 3. The maximum atomic E-state index is 11.0. The van der Waals surface area contributed by atoms with Crippen molar-refractivity contribution < 1.29 is 19.4 Å². The molecule has 0 saturated carbocycles. The molecule has 0 aliphatic rings. The van der Waals surface area contributed by atoms with Crippen molar-refractivity contribution in [3.05, 3.63) is 71.8 Å². The number of aromatic carboxylic acids is 1. The lowest BCUT2D eigenvalue weighted by Crippen LogP contribution is -2.06. The van der Waals surface area contributed by atoms with Crippen LogP contribution >= 0.6 is 0 Å². The zero-order valence-corrected chi connectivity index (χ0v) is 15.8. The largest absolute Gasteiger partial charge is 0.491 e. The van der Waals surface area contributed by atoms with Crippen LogP contribution in [0.3, 0.4) is 0 Å². The number of methoxy groups -OCH3 is 2. The van der Waals surface area contributed by atoms with Crippen molar-refractivity contribution in [2.75, 3.05) is 14.2 Å². The fourth-order valence-corrected chi connectivity index (χ4v) is 2.50. The minimum Gasteiger partial charge on any atom is -0.491 e. The lowest BCUT2D eigenvalue weighted by molar-refractivity contribution is 0.0697. The Labute approximate surface area is 166 Å². The molecule has 0 aliphatic carbocycles. The molecule has 1 aromatic carbocycles. The summed E-state index contributed by atoms with van der Waals surface area (Å²) in [6, 6.07) is 9.60. The van der Waals surface area contributed by atoms with Crippen LogP contribution in [0, 0.1) is 0 Å². The monoisotopic (exact) mass is 393 g/mol. The third-order valence-corrected chi connectivity index (χ3v) is 3.96. The number of rotatable bonds is 7. The molecule has 148 valence electrons. The van der Waals surface area contributed by atoms with Crippen molar-refractivity contribution in [2.24, 2.45) is 10.7 Å². The number of aromatic nitrogens is 3. The Hall–Kier alpha value is -4.14. The van der Waals surface area contributed by atoms with Crippen LogP contribution in [0.1, 0.15) is 21.7 Å². The Morgan fingerprint density at radius 2 is 1.86 bits per heavy atom. The van der Waals surface area contributed by atoms with E-state index in [0.29, 0.717) is 40.2 Å². The number of imidazole rings is 1. The van der Waals surface area contributed by atoms with Crippen molar-refractivity contribution in [1.82, 2.24) is 15.0 Å². The lowest BCUT2D eigenvalue weighted by Gasteiger charge is -2.07. The summed E-state index contributed by atoms with van der Waals surface area (Å²) < 4.78 is 10.4. The second kappa shape index (κ2) is 8.70. The molecule has 0 atom stereocenters. The van der Waals surface area contributed by atoms with Crippen LogP contribution in [-0.2, 0) is 0 Å². The summed E-state index contributed by atoms with van der Waals surface area (Å²) >= 11 is 0. The Morgan fingerprint density at radius 1 is 1.14 bits per heavy atom. The first-order valence-electron chi connectivity index (χ1n) is 8.50. The zero-order valence-electron chi connectivity index (χ0n) is 15.8. The molecule has 0 aliphatic heterocycles. The van der Waals surface area contributed by atoms with E-state index in [4.69, 9.17) is 20.3 Å². The normalized spacial score (nSPS) is 11.9. The molecule has 2 heterocycles. The summed E-state index contributed by atoms with van der Waals surface area (Å²) in [7, 11) is 3.01. The molecule has 0 saturated heterocycles. The van der Waals surface area contributed by atoms with Crippen molar-refractivity contribution in [1.29, 1.82) is 0 Å². The minimum atomic E-state index is -1.00. The molecule has 3 rings (SSSR count). The van der Waals surface area contributed by atoms with Crippen molar-refractivity contribution in [3.8, 4) is 11.6 Å². The number of nitrogens with zero attached hydrogens (tertiary/aromatic N) is 3. The van der Waals surface area contributed by atoms with Gasteiger partial charge in [-0.3, -0.25) is 0 Å². The first-order valence-corrected chi connectivity index (χ1v) is 8.50. The highest BCUT2D eigenvalue weighted by atomic mass is 16.5. The number of nitrogens with one attached hydrogen (secondary N) is 1. The number of hydrogen-bond acceptors (Lipinski definition) is 7. The Morgan fingerprint density at radius 3 is 2.45 bits per heavy atom. The number of aliphatic imine (C=N–C) groups is 1. The summed E-state index contributed by atoms with van der Waals surface area (Å²) in [6.07, 6.45) is 4.89. The number of H-pyrrole nitrogens is 1. The van der Waals surface area contributed by atoms with Crippen LogP contribution in [0.5, 0.6) is 11.6 Å². The molecule has 0 amide bonds.